The van der Waals surface area contributed by atoms with E-state index in [1.165, 1.54) is 19.3 Å². The smallest absolute Gasteiger partial charge is 0.0967 e. The molecule has 0 saturated carbocycles. The molecule has 0 aromatic carbocycles. The third-order valence-corrected chi connectivity index (χ3v) is 3.38. The predicted molar refractivity (Wildman–Crippen MR) is 65.3 cm³/mol. The summed E-state index contributed by atoms with van der Waals surface area (Å²) in [6.07, 6.45) is 6.31. The van der Waals surface area contributed by atoms with E-state index in [1.807, 2.05) is 20.2 Å². The van der Waals surface area contributed by atoms with Gasteiger partial charge in [-0.2, -0.15) is 0 Å². The van der Waals surface area contributed by atoms with Crippen molar-refractivity contribution in [3.8, 4) is 0 Å². The number of aromatic nitrogens is 3. The highest BCUT2D eigenvalue weighted by molar-refractivity contribution is 4.93. The first kappa shape index (κ1) is 12.5. The van der Waals surface area contributed by atoms with Crippen LogP contribution in [0.3, 0.4) is 0 Å². The number of rotatable bonds is 4. The Hall–Kier alpha value is -0.940. The number of piperidine rings is 1. The van der Waals surface area contributed by atoms with Crippen molar-refractivity contribution < 1.29 is 5.11 Å². The van der Waals surface area contributed by atoms with Gasteiger partial charge in [0.05, 0.1) is 11.8 Å². The topological polar surface area (TPSA) is 54.2 Å². The Morgan fingerprint density at radius 1 is 1.53 bits per heavy atom. The van der Waals surface area contributed by atoms with Gasteiger partial charge in [-0.05, 0) is 32.7 Å². The molecule has 1 aliphatic heterocycles. The molecule has 1 N–H and O–H groups in total. The molecule has 0 radical (unpaired) electrons. The summed E-state index contributed by atoms with van der Waals surface area (Å²) in [7, 11) is 1.89. The van der Waals surface area contributed by atoms with Crippen LogP contribution < -0.4 is 0 Å². The molecule has 2 atom stereocenters. The van der Waals surface area contributed by atoms with Crippen LogP contribution in [0.15, 0.2) is 6.20 Å². The number of hydrogen-bond donors (Lipinski definition) is 1. The van der Waals surface area contributed by atoms with E-state index in [2.05, 4.69) is 15.2 Å². The van der Waals surface area contributed by atoms with Crippen molar-refractivity contribution in [2.75, 3.05) is 6.54 Å². The lowest BCUT2D eigenvalue weighted by atomic mass is 9.97. The van der Waals surface area contributed by atoms with E-state index in [1.54, 1.807) is 4.68 Å². The summed E-state index contributed by atoms with van der Waals surface area (Å²) in [6.45, 7) is 3.83. The van der Waals surface area contributed by atoms with E-state index in [0.717, 1.165) is 25.2 Å². The van der Waals surface area contributed by atoms with Gasteiger partial charge >= 0.3 is 0 Å². The van der Waals surface area contributed by atoms with Crippen LogP contribution in [0.25, 0.3) is 0 Å². The second-order valence-electron chi connectivity index (χ2n) is 5.09. The van der Waals surface area contributed by atoms with Gasteiger partial charge in [0.15, 0.2) is 0 Å². The quantitative estimate of drug-likeness (QED) is 0.848. The monoisotopic (exact) mass is 238 g/mol. The van der Waals surface area contributed by atoms with Crippen molar-refractivity contribution in [1.82, 2.24) is 19.9 Å². The van der Waals surface area contributed by atoms with Crippen LogP contribution in [-0.2, 0) is 13.6 Å². The lowest BCUT2D eigenvalue weighted by Gasteiger charge is -2.35. The third-order valence-electron chi connectivity index (χ3n) is 3.38. The van der Waals surface area contributed by atoms with Crippen molar-refractivity contribution >= 4 is 0 Å². The summed E-state index contributed by atoms with van der Waals surface area (Å²) in [4.78, 5) is 2.43. The first-order chi connectivity index (χ1) is 8.15. The van der Waals surface area contributed by atoms with E-state index in [9.17, 15) is 5.11 Å². The molecule has 5 heteroatoms. The van der Waals surface area contributed by atoms with E-state index in [0.29, 0.717) is 6.04 Å². The number of hydrogen-bond acceptors (Lipinski definition) is 4. The van der Waals surface area contributed by atoms with Crippen molar-refractivity contribution in [2.24, 2.45) is 7.05 Å². The van der Waals surface area contributed by atoms with Crippen molar-refractivity contribution in [3.05, 3.63) is 11.9 Å². The molecule has 0 aliphatic carbocycles. The standard InChI is InChI=1S/C12H22N4O/c1-10(17)7-12-5-3-4-6-16(12)9-11-8-15(2)14-13-11/h8,10,12,17H,3-7,9H2,1-2H3. The fraction of sp³-hybridized carbons (Fsp3) is 0.833. The van der Waals surface area contributed by atoms with Crippen LogP contribution in [0.5, 0.6) is 0 Å². The van der Waals surface area contributed by atoms with Gasteiger partial charge in [-0.3, -0.25) is 9.58 Å². The van der Waals surface area contributed by atoms with Crippen LogP contribution in [0.4, 0.5) is 0 Å². The molecule has 17 heavy (non-hydrogen) atoms. The fourth-order valence-electron chi connectivity index (χ4n) is 2.60. The molecule has 1 aromatic heterocycles. The minimum absolute atomic E-state index is 0.220. The Bertz CT molecular complexity index is 350. The zero-order valence-corrected chi connectivity index (χ0v) is 10.7. The second-order valence-corrected chi connectivity index (χ2v) is 5.09. The maximum atomic E-state index is 9.53. The lowest BCUT2D eigenvalue weighted by Crippen LogP contribution is -2.40. The van der Waals surface area contributed by atoms with Crippen LogP contribution in [0.1, 0.15) is 38.3 Å². The summed E-state index contributed by atoms with van der Waals surface area (Å²) >= 11 is 0. The highest BCUT2D eigenvalue weighted by Crippen LogP contribution is 2.22. The number of likely N-dealkylation sites (tertiary alicyclic amines) is 1. The molecular formula is C12H22N4O. The van der Waals surface area contributed by atoms with Gasteiger partial charge < -0.3 is 5.11 Å². The van der Waals surface area contributed by atoms with E-state index in [4.69, 9.17) is 0 Å². The number of aryl methyl sites for hydroxylation is 1. The zero-order chi connectivity index (χ0) is 12.3. The van der Waals surface area contributed by atoms with Gasteiger partial charge in [-0.1, -0.05) is 11.6 Å². The Balaban J connectivity index is 1.96. The SMILES string of the molecule is CC(O)CC1CCCCN1Cc1cn(C)nn1. The Kier molecular flexibility index (Phi) is 4.12. The number of nitrogens with zero attached hydrogens (tertiary/aromatic N) is 4. The molecule has 2 rings (SSSR count). The van der Waals surface area contributed by atoms with Crippen molar-refractivity contribution in [1.29, 1.82) is 0 Å². The van der Waals surface area contributed by atoms with Gasteiger partial charge in [0.25, 0.3) is 0 Å². The Labute approximate surface area is 102 Å². The van der Waals surface area contributed by atoms with Gasteiger partial charge in [0, 0.05) is 25.8 Å². The molecule has 1 fully saturated rings. The van der Waals surface area contributed by atoms with Crippen LogP contribution in [0.2, 0.25) is 0 Å². The van der Waals surface area contributed by atoms with E-state index in [-0.39, 0.29) is 6.10 Å². The molecule has 5 nitrogen and oxygen atoms in total. The average Bonchev–Trinajstić information content (AvgIpc) is 2.66. The largest absolute Gasteiger partial charge is 0.393 e. The third kappa shape index (κ3) is 3.51. The first-order valence-corrected chi connectivity index (χ1v) is 6.42. The summed E-state index contributed by atoms with van der Waals surface area (Å²) in [5.74, 6) is 0. The maximum Gasteiger partial charge on any atom is 0.0967 e. The first-order valence-electron chi connectivity index (χ1n) is 6.42. The summed E-state index contributed by atoms with van der Waals surface area (Å²) < 4.78 is 1.74. The fourth-order valence-corrected chi connectivity index (χ4v) is 2.60. The van der Waals surface area contributed by atoms with Gasteiger partial charge in [-0.25, -0.2) is 0 Å². The molecule has 96 valence electrons. The zero-order valence-electron chi connectivity index (χ0n) is 10.7. The highest BCUT2D eigenvalue weighted by Gasteiger charge is 2.24. The van der Waals surface area contributed by atoms with E-state index >= 15 is 0 Å². The van der Waals surface area contributed by atoms with E-state index < -0.39 is 0 Å². The molecule has 0 bridgehead atoms. The van der Waals surface area contributed by atoms with Gasteiger partial charge in [0.2, 0.25) is 0 Å². The van der Waals surface area contributed by atoms with Crippen LogP contribution >= 0.6 is 0 Å². The summed E-state index contributed by atoms with van der Waals surface area (Å²) in [5.41, 5.74) is 1.02. The van der Waals surface area contributed by atoms with Crippen molar-refractivity contribution in [2.45, 2.75) is 51.3 Å². The molecule has 0 amide bonds. The Morgan fingerprint density at radius 2 is 2.35 bits per heavy atom. The van der Waals surface area contributed by atoms with Crippen molar-refractivity contribution in [3.63, 3.8) is 0 Å². The summed E-state index contributed by atoms with van der Waals surface area (Å²) in [5, 5.41) is 17.6. The van der Waals surface area contributed by atoms with Gasteiger partial charge in [-0.15, -0.1) is 5.10 Å². The minimum Gasteiger partial charge on any atom is -0.393 e. The molecule has 1 aromatic rings. The minimum atomic E-state index is -0.220. The Morgan fingerprint density at radius 3 is 3.00 bits per heavy atom. The lowest BCUT2D eigenvalue weighted by molar-refractivity contribution is 0.0809. The van der Waals surface area contributed by atoms with Crippen LogP contribution in [-0.4, -0.2) is 43.7 Å². The molecule has 1 saturated heterocycles. The molecular weight excluding hydrogens is 216 g/mol. The van der Waals surface area contributed by atoms with Gasteiger partial charge in [0.1, 0.15) is 0 Å². The number of aliphatic hydroxyl groups excluding tert-OH is 1. The maximum absolute atomic E-state index is 9.53. The number of aliphatic hydroxyl groups is 1. The molecule has 2 unspecified atom stereocenters. The summed E-state index contributed by atoms with van der Waals surface area (Å²) in [6, 6.07) is 0.491. The highest BCUT2D eigenvalue weighted by atomic mass is 16.3. The normalized spacial score (nSPS) is 23.8. The second kappa shape index (κ2) is 5.60. The molecule has 0 spiro atoms. The molecule has 1 aliphatic rings. The average molecular weight is 238 g/mol. The molecule has 2 heterocycles. The van der Waals surface area contributed by atoms with Crippen LogP contribution in [0, 0.1) is 0 Å². The predicted octanol–water partition coefficient (Wildman–Crippen LogP) is 0.940.